The standard InChI is InChI=1S/C21H29N3O.C3H8.C2H6/c1-15-17(3)24(14-18-10-6-4-7-11-18)23-20(15)21(25)22-16(2)19-12-8-5-9-13-19;1-3-2;1-2/h4,6-7,10-11,16,19H,5,8-9,12-14H2,1-3H3,(H,22,25);3H2,1-2H3;1-2H3/t16-;;/m0../s1. The van der Waals surface area contributed by atoms with Crippen molar-refractivity contribution in [3.05, 3.63) is 52.8 Å². The summed E-state index contributed by atoms with van der Waals surface area (Å²) in [6.07, 6.45) is 7.60. The Bertz CT molecular complexity index is 730. The molecular formula is C26H43N3O. The molecule has 0 saturated heterocycles. The van der Waals surface area contributed by atoms with Crippen molar-refractivity contribution in [2.24, 2.45) is 5.92 Å². The van der Waals surface area contributed by atoms with Gasteiger partial charge in [-0.2, -0.15) is 5.10 Å². The van der Waals surface area contributed by atoms with Gasteiger partial charge in [0.15, 0.2) is 5.69 Å². The second-order valence-electron chi connectivity index (χ2n) is 8.07. The molecule has 1 aliphatic carbocycles. The van der Waals surface area contributed by atoms with Crippen molar-refractivity contribution in [3.8, 4) is 0 Å². The van der Waals surface area contributed by atoms with E-state index in [1.807, 2.05) is 50.6 Å². The highest BCUT2D eigenvalue weighted by molar-refractivity contribution is 5.94. The van der Waals surface area contributed by atoms with Gasteiger partial charge in [-0.25, -0.2) is 0 Å². The van der Waals surface area contributed by atoms with Gasteiger partial charge in [0, 0.05) is 17.3 Å². The summed E-state index contributed by atoms with van der Waals surface area (Å²) in [5.41, 5.74) is 3.79. The third kappa shape index (κ3) is 7.62. The molecule has 3 rings (SSSR count). The predicted molar refractivity (Wildman–Crippen MR) is 128 cm³/mol. The molecule has 1 aliphatic rings. The zero-order valence-corrected chi connectivity index (χ0v) is 20.3. The second-order valence-corrected chi connectivity index (χ2v) is 8.07. The number of nitrogens with zero attached hydrogens (tertiary/aromatic N) is 2. The minimum atomic E-state index is -0.0366. The molecule has 0 aliphatic heterocycles. The van der Waals surface area contributed by atoms with Crippen molar-refractivity contribution >= 4 is 5.91 Å². The molecule has 2 aromatic rings. The van der Waals surface area contributed by atoms with Crippen LogP contribution in [0.2, 0.25) is 0 Å². The largest absolute Gasteiger partial charge is 0.348 e. The minimum Gasteiger partial charge on any atom is -0.348 e. The summed E-state index contributed by atoms with van der Waals surface area (Å²) in [4.78, 5) is 12.7. The number of carbonyl (C=O) groups is 1. The van der Waals surface area contributed by atoms with Crippen LogP contribution in [0.25, 0.3) is 0 Å². The molecule has 1 fully saturated rings. The number of amides is 1. The predicted octanol–water partition coefficient (Wildman–Crippen LogP) is 6.69. The van der Waals surface area contributed by atoms with Crippen molar-refractivity contribution in [2.75, 3.05) is 0 Å². The van der Waals surface area contributed by atoms with Crippen LogP contribution in [-0.4, -0.2) is 21.7 Å². The van der Waals surface area contributed by atoms with Crippen LogP contribution in [0.5, 0.6) is 0 Å². The topological polar surface area (TPSA) is 46.9 Å². The lowest BCUT2D eigenvalue weighted by Crippen LogP contribution is -2.39. The van der Waals surface area contributed by atoms with Gasteiger partial charge >= 0.3 is 0 Å². The molecule has 0 bridgehead atoms. The van der Waals surface area contributed by atoms with Gasteiger partial charge in [0.2, 0.25) is 0 Å². The maximum absolute atomic E-state index is 12.7. The molecule has 4 heteroatoms. The van der Waals surface area contributed by atoms with Crippen LogP contribution in [0.3, 0.4) is 0 Å². The Morgan fingerprint density at radius 3 is 2.23 bits per heavy atom. The number of hydrogen-bond donors (Lipinski definition) is 1. The van der Waals surface area contributed by atoms with Crippen molar-refractivity contribution < 1.29 is 4.79 Å². The Morgan fingerprint density at radius 2 is 1.67 bits per heavy atom. The summed E-state index contributed by atoms with van der Waals surface area (Å²) in [5.74, 6) is 0.566. The number of hydrogen-bond acceptors (Lipinski definition) is 2. The molecule has 1 atom stereocenters. The van der Waals surface area contributed by atoms with Crippen LogP contribution in [0.1, 0.15) is 100 Å². The summed E-state index contributed by atoms with van der Waals surface area (Å²) in [6.45, 7) is 15.1. The molecule has 168 valence electrons. The average molecular weight is 414 g/mol. The second kappa shape index (κ2) is 14.0. The van der Waals surface area contributed by atoms with E-state index in [-0.39, 0.29) is 11.9 Å². The lowest BCUT2D eigenvalue weighted by Gasteiger charge is -2.28. The molecule has 1 saturated carbocycles. The summed E-state index contributed by atoms with van der Waals surface area (Å²) < 4.78 is 1.94. The van der Waals surface area contributed by atoms with E-state index in [1.54, 1.807) is 0 Å². The fourth-order valence-electron chi connectivity index (χ4n) is 3.79. The van der Waals surface area contributed by atoms with Crippen LogP contribution in [-0.2, 0) is 6.54 Å². The van der Waals surface area contributed by atoms with E-state index < -0.39 is 0 Å². The van der Waals surface area contributed by atoms with Gasteiger partial charge in [0.25, 0.3) is 5.91 Å². The zero-order valence-electron chi connectivity index (χ0n) is 20.3. The molecule has 1 N–H and O–H groups in total. The Hall–Kier alpha value is -2.10. The summed E-state index contributed by atoms with van der Waals surface area (Å²) in [5, 5.41) is 7.80. The smallest absolute Gasteiger partial charge is 0.272 e. The van der Waals surface area contributed by atoms with E-state index in [2.05, 4.69) is 43.3 Å². The molecule has 0 unspecified atom stereocenters. The first-order valence-corrected chi connectivity index (χ1v) is 11.9. The van der Waals surface area contributed by atoms with E-state index in [4.69, 9.17) is 0 Å². The Balaban J connectivity index is 0.000000826. The fourth-order valence-corrected chi connectivity index (χ4v) is 3.79. The van der Waals surface area contributed by atoms with E-state index >= 15 is 0 Å². The van der Waals surface area contributed by atoms with Gasteiger partial charge < -0.3 is 5.32 Å². The molecule has 0 spiro atoms. The fraction of sp³-hybridized carbons (Fsp3) is 0.615. The maximum Gasteiger partial charge on any atom is 0.272 e. The Labute approximate surface area is 184 Å². The number of benzene rings is 1. The van der Waals surface area contributed by atoms with E-state index in [0.717, 1.165) is 11.3 Å². The third-order valence-electron chi connectivity index (χ3n) is 5.61. The molecule has 1 heterocycles. The highest BCUT2D eigenvalue weighted by Gasteiger charge is 2.24. The van der Waals surface area contributed by atoms with Crippen molar-refractivity contribution in [2.45, 2.75) is 99.6 Å². The van der Waals surface area contributed by atoms with Gasteiger partial charge in [-0.05, 0) is 45.1 Å². The molecule has 1 aromatic heterocycles. The third-order valence-corrected chi connectivity index (χ3v) is 5.61. The lowest BCUT2D eigenvalue weighted by atomic mass is 9.84. The maximum atomic E-state index is 12.7. The zero-order chi connectivity index (χ0) is 22.5. The van der Waals surface area contributed by atoms with Gasteiger partial charge in [0.05, 0.1) is 6.54 Å². The van der Waals surface area contributed by atoms with Gasteiger partial charge in [-0.1, -0.05) is 83.7 Å². The quantitative estimate of drug-likeness (QED) is 0.593. The highest BCUT2D eigenvalue weighted by Crippen LogP contribution is 2.26. The molecule has 0 radical (unpaired) electrons. The number of nitrogens with one attached hydrogen (secondary N) is 1. The van der Waals surface area contributed by atoms with Gasteiger partial charge in [-0.15, -0.1) is 0 Å². The average Bonchev–Trinajstić information content (AvgIpc) is 3.05. The van der Waals surface area contributed by atoms with Crippen molar-refractivity contribution in [1.29, 1.82) is 0 Å². The number of carbonyl (C=O) groups excluding carboxylic acids is 1. The molecule has 1 aromatic carbocycles. The summed E-state index contributed by atoms with van der Waals surface area (Å²) >= 11 is 0. The molecular weight excluding hydrogens is 370 g/mol. The minimum absolute atomic E-state index is 0.0366. The van der Waals surface area contributed by atoms with Crippen LogP contribution in [0, 0.1) is 19.8 Å². The van der Waals surface area contributed by atoms with Crippen molar-refractivity contribution in [1.82, 2.24) is 15.1 Å². The van der Waals surface area contributed by atoms with E-state index in [0.29, 0.717) is 18.2 Å². The molecule has 1 amide bonds. The molecule has 4 nitrogen and oxygen atoms in total. The lowest BCUT2D eigenvalue weighted by molar-refractivity contribution is 0.0912. The summed E-state index contributed by atoms with van der Waals surface area (Å²) in [7, 11) is 0. The van der Waals surface area contributed by atoms with E-state index in [9.17, 15) is 4.79 Å². The van der Waals surface area contributed by atoms with Crippen LogP contribution in [0.15, 0.2) is 30.3 Å². The SMILES string of the molecule is CC.CCC.Cc1c(C(=O)N[C@@H](C)C2CCCCC2)nn(Cc2ccccc2)c1C. The van der Waals surface area contributed by atoms with Crippen LogP contribution in [0.4, 0.5) is 0 Å². The highest BCUT2D eigenvalue weighted by atomic mass is 16.2. The van der Waals surface area contributed by atoms with Gasteiger partial charge in [-0.3, -0.25) is 9.48 Å². The van der Waals surface area contributed by atoms with Crippen LogP contribution < -0.4 is 5.32 Å². The van der Waals surface area contributed by atoms with Crippen molar-refractivity contribution in [3.63, 3.8) is 0 Å². The first kappa shape index (κ1) is 25.9. The molecule has 30 heavy (non-hydrogen) atoms. The normalized spacial score (nSPS) is 14.6. The van der Waals surface area contributed by atoms with Crippen LogP contribution >= 0.6 is 0 Å². The first-order valence-electron chi connectivity index (χ1n) is 11.9. The van der Waals surface area contributed by atoms with Gasteiger partial charge in [0.1, 0.15) is 0 Å². The first-order chi connectivity index (χ1) is 14.5. The Morgan fingerprint density at radius 1 is 1.10 bits per heavy atom. The summed E-state index contributed by atoms with van der Waals surface area (Å²) in [6, 6.07) is 10.5. The number of aromatic nitrogens is 2. The van der Waals surface area contributed by atoms with E-state index in [1.165, 1.54) is 44.1 Å². The monoisotopic (exact) mass is 413 g/mol. The number of rotatable bonds is 5. The Kier molecular flexibility index (Phi) is 12.1.